The van der Waals surface area contributed by atoms with Gasteiger partial charge in [-0.05, 0) is 42.9 Å². The molecular formula is C18H22N4O2. The van der Waals surface area contributed by atoms with Gasteiger partial charge in [0.2, 0.25) is 5.95 Å². The second-order valence-electron chi connectivity index (χ2n) is 6.67. The number of ether oxygens (including phenoxy) is 2. The predicted octanol–water partition coefficient (Wildman–Crippen LogP) is 2.33. The Morgan fingerprint density at radius 2 is 2.00 bits per heavy atom. The van der Waals surface area contributed by atoms with Gasteiger partial charge in [-0.25, -0.2) is 9.97 Å². The molecule has 6 nitrogen and oxygen atoms in total. The van der Waals surface area contributed by atoms with Crippen LogP contribution in [0.1, 0.15) is 19.3 Å². The van der Waals surface area contributed by atoms with Crippen LogP contribution in [0.4, 0.5) is 5.95 Å². The normalized spacial score (nSPS) is 22.7. The Labute approximate surface area is 141 Å². The summed E-state index contributed by atoms with van der Waals surface area (Å²) in [4.78, 5) is 15.0. The molecule has 0 amide bonds. The molecule has 24 heavy (non-hydrogen) atoms. The Kier molecular flexibility index (Phi) is 4.30. The molecule has 2 aromatic rings. The van der Waals surface area contributed by atoms with E-state index in [2.05, 4.69) is 19.9 Å². The third kappa shape index (κ3) is 3.33. The van der Waals surface area contributed by atoms with Gasteiger partial charge in [0, 0.05) is 31.7 Å². The van der Waals surface area contributed by atoms with Crippen molar-refractivity contribution in [2.45, 2.75) is 25.4 Å². The molecule has 1 atom stereocenters. The van der Waals surface area contributed by atoms with E-state index in [1.165, 1.54) is 0 Å². The fourth-order valence-corrected chi connectivity index (χ4v) is 3.61. The zero-order valence-electron chi connectivity index (χ0n) is 13.7. The summed E-state index contributed by atoms with van der Waals surface area (Å²) in [5.41, 5.74) is 0.286. The van der Waals surface area contributed by atoms with Crippen LogP contribution in [0.15, 0.2) is 43.0 Å². The molecule has 126 valence electrons. The molecule has 4 heterocycles. The van der Waals surface area contributed by atoms with Crippen LogP contribution in [-0.2, 0) is 4.74 Å². The third-order valence-electron chi connectivity index (χ3n) is 5.02. The fourth-order valence-electron chi connectivity index (χ4n) is 3.61. The van der Waals surface area contributed by atoms with Crippen molar-refractivity contribution in [2.75, 3.05) is 31.2 Å². The number of rotatable bonds is 4. The molecule has 0 bridgehead atoms. The first-order chi connectivity index (χ1) is 11.8. The van der Waals surface area contributed by atoms with Crippen molar-refractivity contribution in [1.82, 2.24) is 15.0 Å². The van der Waals surface area contributed by atoms with Gasteiger partial charge in [-0.2, -0.15) is 0 Å². The largest absolute Gasteiger partial charge is 0.489 e. The van der Waals surface area contributed by atoms with Crippen LogP contribution >= 0.6 is 0 Å². The van der Waals surface area contributed by atoms with E-state index in [9.17, 15) is 0 Å². The number of piperidine rings is 1. The summed E-state index contributed by atoms with van der Waals surface area (Å²) in [6.07, 6.45) is 10.6. The number of hydrogen-bond acceptors (Lipinski definition) is 6. The van der Waals surface area contributed by atoms with Gasteiger partial charge in [-0.15, -0.1) is 0 Å². The highest BCUT2D eigenvalue weighted by molar-refractivity contribution is 5.29. The first-order valence-corrected chi connectivity index (χ1v) is 8.49. The summed E-state index contributed by atoms with van der Waals surface area (Å²) >= 11 is 0. The van der Waals surface area contributed by atoms with Crippen LogP contribution in [0.5, 0.6) is 5.75 Å². The van der Waals surface area contributed by atoms with Crippen LogP contribution in [0.3, 0.4) is 0 Å². The van der Waals surface area contributed by atoms with Crippen molar-refractivity contribution >= 4 is 5.95 Å². The lowest BCUT2D eigenvalue weighted by Crippen LogP contribution is -2.41. The summed E-state index contributed by atoms with van der Waals surface area (Å²) in [7, 11) is 0. The van der Waals surface area contributed by atoms with Crippen LogP contribution in [0, 0.1) is 5.41 Å². The average molecular weight is 326 g/mol. The van der Waals surface area contributed by atoms with Crippen molar-refractivity contribution in [3.63, 3.8) is 0 Å². The monoisotopic (exact) mass is 326 g/mol. The Morgan fingerprint density at radius 3 is 2.75 bits per heavy atom. The summed E-state index contributed by atoms with van der Waals surface area (Å²) in [6, 6.07) is 5.66. The first-order valence-electron chi connectivity index (χ1n) is 8.49. The van der Waals surface area contributed by atoms with Crippen LogP contribution < -0.4 is 9.64 Å². The van der Waals surface area contributed by atoms with Gasteiger partial charge in [0.25, 0.3) is 0 Å². The van der Waals surface area contributed by atoms with E-state index in [-0.39, 0.29) is 11.5 Å². The van der Waals surface area contributed by atoms with Gasteiger partial charge < -0.3 is 14.4 Å². The smallest absolute Gasteiger partial charge is 0.225 e. The molecular weight excluding hydrogens is 304 g/mol. The maximum atomic E-state index is 6.01. The minimum atomic E-state index is 0.171. The van der Waals surface area contributed by atoms with Crippen molar-refractivity contribution in [2.24, 2.45) is 5.41 Å². The van der Waals surface area contributed by atoms with E-state index in [1.54, 1.807) is 24.8 Å². The van der Waals surface area contributed by atoms with Crippen LogP contribution in [-0.4, -0.2) is 47.4 Å². The van der Waals surface area contributed by atoms with E-state index >= 15 is 0 Å². The van der Waals surface area contributed by atoms with Gasteiger partial charge in [-0.1, -0.05) is 0 Å². The highest BCUT2D eigenvalue weighted by atomic mass is 16.5. The van der Waals surface area contributed by atoms with E-state index < -0.39 is 0 Å². The highest BCUT2D eigenvalue weighted by Crippen LogP contribution is 2.42. The molecule has 0 radical (unpaired) electrons. The van der Waals surface area contributed by atoms with Gasteiger partial charge in [0.1, 0.15) is 12.4 Å². The van der Waals surface area contributed by atoms with E-state index in [0.29, 0.717) is 6.61 Å². The molecule has 2 aliphatic heterocycles. The van der Waals surface area contributed by atoms with Crippen molar-refractivity contribution in [1.29, 1.82) is 0 Å². The van der Waals surface area contributed by atoms with E-state index in [4.69, 9.17) is 9.47 Å². The maximum absolute atomic E-state index is 6.01. The van der Waals surface area contributed by atoms with Gasteiger partial charge in [-0.3, -0.25) is 4.98 Å². The third-order valence-corrected chi connectivity index (χ3v) is 5.02. The minimum absolute atomic E-state index is 0.171. The Hall–Kier alpha value is -2.21. The molecule has 0 saturated carbocycles. The highest BCUT2D eigenvalue weighted by Gasteiger charge is 2.42. The topological polar surface area (TPSA) is 60.4 Å². The number of pyridine rings is 1. The molecule has 1 spiro atoms. The van der Waals surface area contributed by atoms with Gasteiger partial charge in [0.15, 0.2) is 0 Å². The molecule has 0 N–H and O–H groups in total. The van der Waals surface area contributed by atoms with E-state index in [0.717, 1.165) is 50.7 Å². The lowest BCUT2D eigenvalue weighted by Gasteiger charge is -2.38. The maximum Gasteiger partial charge on any atom is 0.225 e. The molecule has 4 rings (SSSR count). The molecule has 2 aliphatic rings. The Morgan fingerprint density at radius 1 is 1.17 bits per heavy atom. The number of anilines is 1. The molecule has 2 saturated heterocycles. The molecule has 6 heteroatoms. The Bertz CT molecular complexity index is 645. The molecule has 1 unspecified atom stereocenters. The number of hydrogen-bond donors (Lipinski definition) is 0. The van der Waals surface area contributed by atoms with Gasteiger partial charge in [0.05, 0.1) is 18.9 Å². The van der Waals surface area contributed by atoms with Crippen molar-refractivity contribution in [3.8, 4) is 5.75 Å². The molecule has 0 aromatic carbocycles. The second-order valence-corrected chi connectivity index (χ2v) is 6.67. The van der Waals surface area contributed by atoms with Crippen molar-refractivity contribution < 1.29 is 9.47 Å². The second kappa shape index (κ2) is 6.73. The van der Waals surface area contributed by atoms with Crippen LogP contribution in [0.25, 0.3) is 0 Å². The standard InChI is InChI=1S/C18H22N4O2/c1-3-15(12-19-6-1)23-13-16-11-18(14-24-16)4-9-22(10-5-18)17-20-7-2-8-21-17/h1-3,6-8,12,16H,4-5,9-11,13-14H2. The minimum Gasteiger partial charge on any atom is -0.489 e. The SMILES string of the molecule is c1cnc(N2CCC3(CC2)COC(COc2cccnc2)C3)nc1. The summed E-state index contributed by atoms with van der Waals surface area (Å²) < 4.78 is 11.8. The number of nitrogens with zero attached hydrogens (tertiary/aromatic N) is 4. The molecule has 2 fully saturated rings. The summed E-state index contributed by atoms with van der Waals surface area (Å²) in [5, 5.41) is 0. The summed E-state index contributed by atoms with van der Waals surface area (Å²) in [6.45, 7) is 3.41. The zero-order chi connectivity index (χ0) is 16.2. The first kappa shape index (κ1) is 15.3. The molecule has 0 aliphatic carbocycles. The zero-order valence-corrected chi connectivity index (χ0v) is 13.7. The fraction of sp³-hybridized carbons (Fsp3) is 0.500. The molecule has 2 aromatic heterocycles. The van der Waals surface area contributed by atoms with Gasteiger partial charge >= 0.3 is 0 Å². The predicted molar refractivity (Wildman–Crippen MR) is 90.0 cm³/mol. The lowest BCUT2D eigenvalue weighted by molar-refractivity contribution is 0.0577. The average Bonchev–Trinajstić information content (AvgIpc) is 3.05. The quantitative estimate of drug-likeness (QED) is 0.859. The van der Waals surface area contributed by atoms with Crippen LogP contribution in [0.2, 0.25) is 0 Å². The van der Waals surface area contributed by atoms with Crippen molar-refractivity contribution in [3.05, 3.63) is 43.0 Å². The Balaban J connectivity index is 1.29. The number of aromatic nitrogens is 3. The van der Waals surface area contributed by atoms with E-state index in [1.807, 2.05) is 18.2 Å². The summed E-state index contributed by atoms with van der Waals surface area (Å²) in [5.74, 6) is 1.64. The lowest BCUT2D eigenvalue weighted by atomic mass is 9.77.